The first-order chi connectivity index (χ1) is 12.1. The van der Waals surface area contributed by atoms with E-state index in [9.17, 15) is 9.90 Å². The lowest BCUT2D eigenvalue weighted by atomic mass is 9.58. The third-order valence-corrected chi connectivity index (χ3v) is 5.90. The van der Waals surface area contributed by atoms with E-state index in [4.69, 9.17) is 4.74 Å². The van der Waals surface area contributed by atoms with Crippen LogP contribution in [0, 0.1) is 5.41 Å². The molecule has 1 spiro atoms. The highest BCUT2D eigenvalue weighted by molar-refractivity contribution is 5.78. The minimum atomic E-state index is -0.292. The lowest BCUT2D eigenvalue weighted by Crippen LogP contribution is -2.62. The number of aliphatic hydroxyl groups is 1. The van der Waals surface area contributed by atoms with E-state index in [1.807, 2.05) is 46.8 Å². The summed E-state index contributed by atoms with van der Waals surface area (Å²) in [5, 5.41) is 10.3. The average Bonchev–Trinajstić information content (AvgIpc) is 3.04. The van der Waals surface area contributed by atoms with Crippen LogP contribution in [0.2, 0.25) is 0 Å². The lowest BCUT2D eigenvalue weighted by molar-refractivity contribution is -0.210. The second kappa shape index (κ2) is 6.42. The van der Waals surface area contributed by atoms with Crippen molar-refractivity contribution < 1.29 is 14.6 Å². The maximum Gasteiger partial charge on any atom is 0.228 e. The molecule has 2 fully saturated rings. The fourth-order valence-corrected chi connectivity index (χ4v) is 4.33. The maximum absolute atomic E-state index is 12.6. The molecule has 2 aliphatic rings. The minimum Gasteiger partial charge on any atom is -0.392 e. The Labute approximate surface area is 147 Å². The number of aliphatic hydroxyl groups excluding tert-OH is 1. The molecule has 3 heterocycles. The van der Waals surface area contributed by atoms with Gasteiger partial charge >= 0.3 is 0 Å². The number of pyridine rings is 1. The molecule has 134 valence electrons. The number of likely N-dealkylation sites (tertiary alicyclic amines) is 1. The zero-order valence-electron chi connectivity index (χ0n) is 14.6. The predicted molar refractivity (Wildman–Crippen MR) is 93.2 cm³/mol. The molecule has 4 rings (SSSR count). The molecule has 2 aromatic heterocycles. The van der Waals surface area contributed by atoms with Gasteiger partial charge in [0.25, 0.3) is 0 Å². The van der Waals surface area contributed by atoms with E-state index < -0.39 is 0 Å². The standard InChI is InChI=1S/C19H25N3O3/c1-2-25-16-12-15(23)19(16)6-9-21(10-7-19)18(24)11-14-13-22-8-4-3-5-17(22)20-14/h3-5,8,13,15-16,23H,2,6-7,9-12H2,1H3. The van der Waals surface area contributed by atoms with Crippen LogP contribution in [0.15, 0.2) is 30.6 Å². The smallest absolute Gasteiger partial charge is 0.228 e. The SMILES string of the molecule is CCOC1CC(O)C12CCN(C(=O)Cc1cn3ccccc3n1)CC2. The van der Waals surface area contributed by atoms with Crippen LogP contribution in [0.1, 0.15) is 31.9 Å². The summed E-state index contributed by atoms with van der Waals surface area (Å²) in [6, 6.07) is 5.82. The predicted octanol–water partition coefficient (Wildman–Crippen LogP) is 1.66. The van der Waals surface area contributed by atoms with Crippen molar-refractivity contribution in [1.29, 1.82) is 0 Å². The fourth-order valence-electron chi connectivity index (χ4n) is 4.33. The monoisotopic (exact) mass is 343 g/mol. The summed E-state index contributed by atoms with van der Waals surface area (Å²) in [6.45, 7) is 4.04. The molecular weight excluding hydrogens is 318 g/mol. The van der Waals surface area contributed by atoms with Crippen LogP contribution in [-0.2, 0) is 16.0 Å². The molecule has 0 bridgehead atoms. The molecule has 6 nitrogen and oxygen atoms in total. The van der Waals surface area contributed by atoms with Crippen molar-refractivity contribution in [2.45, 2.75) is 44.8 Å². The Balaban J connectivity index is 1.38. The van der Waals surface area contributed by atoms with Crippen molar-refractivity contribution >= 4 is 11.6 Å². The first-order valence-corrected chi connectivity index (χ1v) is 9.12. The number of imidazole rings is 1. The van der Waals surface area contributed by atoms with Crippen LogP contribution in [0.3, 0.4) is 0 Å². The highest BCUT2D eigenvalue weighted by atomic mass is 16.5. The number of piperidine rings is 1. The topological polar surface area (TPSA) is 67.1 Å². The normalized spacial score (nSPS) is 25.3. The van der Waals surface area contributed by atoms with Crippen molar-refractivity contribution in [1.82, 2.24) is 14.3 Å². The second-order valence-electron chi connectivity index (χ2n) is 7.18. The summed E-state index contributed by atoms with van der Waals surface area (Å²) in [7, 11) is 0. The van der Waals surface area contributed by atoms with Crippen molar-refractivity contribution in [3.63, 3.8) is 0 Å². The number of fused-ring (bicyclic) bond motifs is 1. The number of hydrogen-bond donors (Lipinski definition) is 1. The van der Waals surface area contributed by atoms with Crippen molar-refractivity contribution in [2.24, 2.45) is 5.41 Å². The molecule has 2 atom stereocenters. The van der Waals surface area contributed by atoms with E-state index in [0.29, 0.717) is 26.1 Å². The zero-order valence-corrected chi connectivity index (χ0v) is 14.6. The van der Waals surface area contributed by atoms with E-state index in [1.54, 1.807) is 0 Å². The van der Waals surface area contributed by atoms with Gasteiger partial charge in [0.05, 0.1) is 24.3 Å². The first kappa shape index (κ1) is 16.5. The van der Waals surface area contributed by atoms with Crippen molar-refractivity contribution in [2.75, 3.05) is 19.7 Å². The van der Waals surface area contributed by atoms with Crippen molar-refractivity contribution in [3.8, 4) is 0 Å². The molecule has 0 radical (unpaired) electrons. The van der Waals surface area contributed by atoms with Gasteiger partial charge in [-0.25, -0.2) is 4.98 Å². The molecular formula is C19H25N3O3. The van der Waals surface area contributed by atoms with Crippen LogP contribution in [0.4, 0.5) is 0 Å². The van der Waals surface area contributed by atoms with Crippen molar-refractivity contribution in [3.05, 3.63) is 36.3 Å². The molecule has 2 unspecified atom stereocenters. The number of ether oxygens (including phenoxy) is 1. The Morgan fingerprint density at radius 1 is 1.40 bits per heavy atom. The Bertz CT molecular complexity index is 729. The van der Waals surface area contributed by atoms with Gasteiger partial charge in [0.15, 0.2) is 0 Å². The summed E-state index contributed by atoms with van der Waals surface area (Å²) in [4.78, 5) is 19.0. The van der Waals surface area contributed by atoms with Crippen LogP contribution in [-0.4, -0.2) is 57.2 Å². The number of nitrogens with zero attached hydrogens (tertiary/aromatic N) is 3. The molecule has 2 aromatic rings. The largest absolute Gasteiger partial charge is 0.392 e. The molecule has 1 aliphatic heterocycles. The van der Waals surface area contributed by atoms with Crippen LogP contribution < -0.4 is 0 Å². The van der Waals surface area contributed by atoms with E-state index in [0.717, 1.165) is 30.6 Å². The molecule has 1 saturated heterocycles. The number of amides is 1. The van der Waals surface area contributed by atoms with Gasteiger partial charge < -0.3 is 19.1 Å². The number of carbonyl (C=O) groups is 1. The summed E-state index contributed by atoms with van der Waals surface area (Å²) < 4.78 is 7.73. The number of rotatable bonds is 4. The number of aromatic nitrogens is 2. The molecule has 1 N–H and O–H groups in total. The third kappa shape index (κ3) is 2.83. The lowest BCUT2D eigenvalue weighted by Gasteiger charge is -2.56. The molecule has 0 aromatic carbocycles. The first-order valence-electron chi connectivity index (χ1n) is 9.12. The maximum atomic E-state index is 12.6. The van der Waals surface area contributed by atoms with E-state index >= 15 is 0 Å². The summed E-state index contributed by atoms with van der Waals surface area (Å²) >= 11 is 0. The van der Waals surface area contributed by atoms with Crippen LogP contribution in [0.5, 0.6) is 0 Å². The van der Waals surface area contributed by atoms with Crippen LogP contribution >= 0.6 is 0 Å². The summed E-state index contributed by atoms with van der Waals surface area (Å²) in [5.41, 5.74) is 1.52. The summed E-state index contributed by atoms with van der Waals surface area (Å²) in [5.74, 6) is 0.111. The minimum absolute atomic E-state index is 0.111. The Morgan fingerprint density at radius 2 is 2.20 bits per heavy atom. The zero-order chi connectivity index (χ0) is 17.4. The molecule has 6 heteroatoms. The molecule has 1 saturated carbocycles. The van der Waals surface area contributed by atoms with Gasteiger partial charge in [0.2, 0.25) is 5.91 Å². The van der Waals surface area contributed by atoms with E-state index in [1.165, 1.54) is 0 Å². The van der Waals surface area contributed by atoms with Gasteiger partial charge in [-0.1, -0.05) is 6.07 Å². The quantitative estimate of drug-likeness (QED) is 0.917. The Kier molecular flexibility index (Phi) is 4.25. The second-order valence-corrected chi connectivity index (χ2v) is 7.18. The van der Waals surface area contributed by atoms with Gasteiger partial charge in [-0.15, -0.1) is 0 Å². The molecule has 1 aliphatic carbocycles. The molecule has 25 heavy (non-hydrogen) atoms. The Hall–Kier alpha value is -1.92. The van der Waals surface area contributed by atoms with Gasteiger partial charge in [-0.3, -0.25) is 4.79 Å². The van der Waals surface area contributed by atoms with Gasteiger partial charge in [-0.2, -0.15) is 0 Å². The number of hydrogen-bond acceptors (Lipinski definition) is 4. The average molecular weight is 343 g/mol. The highest BCUT2D eigenvalue weighted by Crippen LogP contribution is 2.50. The van der Waals surface area contributed by atoms with Crippen LogP contribution in [0.25, 0.3) is 5.65 Å². The Morgan fingerprint density at radius 3 is 2.88 bits per heavy atom. The summed E-state index contributed by atoms with van der Waals surface area (Å²) in [6.07, 6.45) is 6.38. The highest BCUT2D eigenvalue weighted by Gasteiger charge is 2.56. The fraction of sp³-hybridized carbons (Fsp3) is 0.579. The molecule has 1 amide bonds. The van der Waals surface area contributed by atoms with E-state index in [2.05, 4.69) is 4.98 Å². The van der Waals surface area contributed by atoms with Gasteiger partial charge in [0, 0.05) is 43.9 Å². The number of carbonyl (C=O) groups excluding carboxylic acids is 1. The van der Waals surface area contributed by atoms with E-state index in [-0.39, 0.29) is 23.5 Å². The van der Waals surface area contributed by atoms with Gasteiger partial charge in [0.1, 0.15) is 5.65 Å². The van der Waals surface area contributed by atoms with Gasteiger partial charge in [-0.05, 0) is 31.9 Å². The third-order valence-electron chi connectivity index (χ3n) is 5.90.